The summed E-state index contributed by atoms with van der Waals surface area (Å²) in [6, 6.07) is 6.12. The third-order valence-electron chi connectivity index (χ3n) is 5.57. The molecule has 0 atom stereocenters. The summed E-state index contributed by atoms with van der Waals surface area (Å²) in [4.78, 5) is 30.0. The first-order chi connectivity index (χ1) is 15.5. The van der Waals surface area contributed by atoms with E-state index in [1.807, 2.05) is 23.0 Å². The summed E-state index contributed by atoms with van der Waals surface area (Å²) in [6.07, 6.45) is 4.68. The topological polar surface area (TPSA) is 104 Å². The number of aromatic nitrogens is 4. The summed E-state index contributed by atoms with van der Waals surface area (Å²) in [5.41, 5.74) is 2.41. The first kappa shape index (κ1) is 21.8. The van der Waals surface area contributed by atoms with Gasteiger partial charge in [-0.3, -0.25) is 18.8 Å². The van der Waals surface area contributed by atoms with Crippen LogP contribution in [0.5, 0.6) is 0 Å². The third-order valence-corrected chi connectivity index (χ3v) is 5.57. The third kappa shape index (κ3) is 4.16. The van der Waals surface area contributed by atoms with E-state index < -0.39 is 0 Å². The van der Waals surface area contributed by atoms with Crippen molar-refractivity contribution in [3.63, 3.8) is 0 Å². The minimum atomic E-state index is -0.337. The largest absolute Gasteiger partial charge is 0.442 e. The Balaban J connectivity index is 1.45. The lowest BCUT2D eigenvalue weighted by molar-refractivity contribution is 0.0952. The number of methoxy groups -OCH3 is 1. The Kier molecular flexibility index (Phi) is 6.36. The predicted octanol–water partition coefficient (Wildman–Crippen LogP) is 2.81. The highest BCUT2D eigenvalue weighted by Crippen LogP contribution is 2.21. The zero-order valence-electron chi connectivity index (χ0n) is 18.6. The van der Waals surface area contributed by atoms with Crippen LogP contribution in [-0.2, 0) is 17.8 Å². The maximum absolute atomic E-state index is 12.9. The molecule has 3 aromatic heterocycles. The van der Waals surface area contributed by atoms with Crippen LogP contribution in [0.25, 0.3) is 22.0 Å². The van der Waals surface area contributed by atoms with Gasteiger partial charge in [0, 0.05) is 38.7 Å². The molecule has 0 spiro atoms. The lowest BCUT2D eigenvalue weighted by Crippen LogP contribution is -2.28. The average molecular weight is 438 g/mol. The molecule has 0 aliphatic rings. The van der Waals surface area contributed by atoms with Gasteiger partial charge in [-0.05, 0) is 38.3 Å². The molecule has 0 radical (unpaired) electrons. The molecule has 3 heterocycles. The molecule has 9 heteroatoms. The number of hydrogen-bond acceptors (Lipinski definition) is 6. The SMILES string of the molecule is COCCCn1cnc2oc(C)c(C(=O)NCCCn3ncc4c(C)cccc43)c2c1=O. The van der Waals surface area contributed by atoms with E-state index in [2.05, 4.69) is 28.4 Å². The van der Waals surface area contributed by atoms with Gasteiger partial charge in [0.2, 0.25) is 5.71 Å². The summed E-state index contributed by atoms with van der Waals surface area (Å²) in [6.45, 7) is 5.84. The Labute approximate surface area is 185 Å². The fourth-order valence-corrected chi connectivity index (χ4v) is 3.89. The number of rotatable bonds is 9. The highest BCUT2D eigenvalue weighted by Gasteiger charge is 2.22. The number of nitrogens with one attached hydrogen (secondary N) is 1. The Morgan fingerprint density at radius 3 is 2.88 bits per heavy atom. The molecule has 0 aliphatic carbocycles. The van der Waals surface area contributed by atoms with Gasteiger partial charge in [0.15, 0.2) is 0 Å². The predicted molar refractivity (Wildman–Crippen MR) is 121 cm³/mol. The highest BCUT2D eigenvalue weighted by atomic mass is 16.5. The minimum Gasteiger partial charge on any atom is -0.442 e. The average Bonchev–Trinajstić information content (AvgIpc) is 3.34. The second kappa shape index (κ2) is 9.35. The quantitative estimate of drug-likeness (QED) is 0.404. The van der Waals surface area contributed by atoms with Gasteiger partial charge in [-0.25, -0.2) is 4.98 Å². The van der Waals surface area contributed by atoms with Gasteiger partial charge in [-0.2, -0.15) is 5.10 Å². The zero-order valence-corrected chi connectivity index (χ0v) is 18.6. The molecule has 168 valence electrons. The minimum absolute atomic E-state index is 0.180. The van der Waals surface area contributed by atoms with Gasteiger partial charge in [0.1, 0.15) is 17.5 Å². The first-order valence-electron chi connectivity index (χ1n) is 10.7. The number of carbonyl (C=O) groups excluding carboxylic acids is 1. The summed E-state index contributed by atoms with van der Waals surface area (Å²) < 4.78 is 14.0. The number of nitrogens with zero attached hydrogens (tertiary/aromatic N) is 4. The number of carbonyl (C=O) groups is 1. The summed E-state index contributed by atoms with van der Waals surface area (Å²) in [7, 11) is 1.61. The van der Waals surface area contributed by atoms with E-state index in [1.165, 1.54) is 16.5 Å². The van der Waals surface area contributed by atoms with E-state index in [9.17, 15) is 9.59 Å². The number of fused-ring (bicyclic) bond motifs is 2. The smallest absolute Gasteiger partial charge is 0.265 e. The van der Waals surface area contributed by atoms with Crippen molar-refractivity contribution >= 4 is 27.9 Å². The van der Waals surface area contributed by atoms with E-state index in [4.69, 9.17) is 9.15 Å². The van der Waals surface area contributed by atoms with Gasteiger partial charge in [0.25, 0.3) is 11.5 Å². The molecule has 0 saturated carbocycles. The lowest BCUT2D eigenvalue weighted by atomic mass is 10.1. The molecule has 0 aliphatic heterocycles. The first-order valence-corrected chi connectivity index (χ1v) is 10.7. The number of benzene rings is 1. The highest BCUT2D eigenvalue weighted by molar-refractivity contribution is 6.06. The molecule has 0 bridgehead atoms. The van der Waals surface area contributed by atoms with E-state index >= 15 is 0 Å². The molecular weight excluding hydrogens is 410 g/mol. The van der Waals surface area contributed by atoms with Gasteiger partial charge < -0.3 is 14.5 Å². The summed E-state index contributed by atoms with van der Waals surface area (Å²) in [5, 5.41) is 8.71. The molecule has 4 rings (SSSR count). The van der Waals surface area contributed by atoms with Crippen molar-refractivity contribution in [3.05, 3.63) is 58.0 Å². The Morgan fingerprint density at radius 1 is 1.22 bits per heavy atom. The zero-order chi connectivity index (χ0) is 22.7. The van der Waals surface area contributed by atoms with Crippen molar-refractivity contribution in [2.45, 2.75) is 39.8 Å². The van der Waals surface area contributed by atoms with Crippen LogP contribution >= 0.6 is 0 Å². The van der Waals surface area contributed by atoms with Crippen molar-refractivity contribution in [2.24, 2.45) is 0 Å². The molecule has 32 heavy (non-hydrogen) atoms. The maximum Gasteiger partial charge on any atom is 0.265 e. The number of ether oxygens (including phenoxy) is 1. The Hall–Kier alpha value is -3.46. The van der Waals surface area contributed by atoms with Crippen LogP contribution in [0.2, 0.25) is 0 Å². The van der Waals surface area contributed by atoms with Gasteiger partial charge in [-0.15, -0.1) is 0 Å². The van der Waals surface area contributed by atoms with Crippen LogP contribution in [0, 0.1) is 13.8 Å². The van der Waals surface area contributed by atoms with Crippen LogP contribution in [-0.4, -0.2) is 45.5 Å². The molecule has 1 amide bonds. The monoisotopic (exact) mass is 437 g/mol. The molecule has 0 saturated heterocycles. The standard InChI is InChI=1S/C23H27N5O4/c1-15-7-4-8-18-17(15)13-26-28(18)11-5-9-24-21(29)19-16(2)32-22-20(19)23(30)27(14-25-22)10-6-12-31-3/h4,7-8,13-14H,5-6,9-12H2,1-3H3,(H,24,29). The van der Waals surface area contributed by atoms with Crippen LogP contribution in [0.15, 0.2) is 39.9 Å². The molecule has 1 N–H and O–H groups in total. The van der Waals surface area contributed by atoms with Crippen molar-refractivity contribution in [3.8, 4) is 0 Å². The molecule has 0 fully saturated rings. The number of amides is 1. The normalized spacial score (nSPS) is 11.5. The lowest BCUT2D eigenvalue weighted by Gasteiger charge is -2.07. The molecule has 1 aromatic carbocycles. The Bertz CT molecular complexity index is 1320. The van der Waals surface area contributed by atoms with E-state index in [-0.39, 0.29) is 28.1 Å². The molecule has 0 unspecified atom stereocenters. The van der Waals surface area contributed by atoms with E-state index in [0.29, 0.717) is 44.8 Å². The van der Waals surface area contributed by atoms with Crippen molar-refractivity contribution in [2.75, 3.05) is 20.3 Å². The molecule has 9 nitrogen and oxygen atoms in total. The van der Waals surface area contributed by atoms with Gasteiger partial charge >= 0.3 is 0 Å². The van der Waals surface area contributed by atoms with Crippen LogP contribution in [0.4, 0.5) is 0 Å². The van der Waals surface area contributed by atoms with Gasteiger partial charge in [0.05, 0.1) is 17.3 Å². The van der Waals surface area contributed by atoms with Crippen LogP contribution in [0.1, 0.15) is 34.5 Å². The molecular formula is C23H27N5O4. The number of furan rings is 1. The van der Waals surface area contributed by atoms with Crippen LogP contribution < -0.4 is 10.9 Å². The van der Waals surface area contributed by atoms with Crippen molar-refractivity contribution in [1.29, 1.82) is 0 Å². The van der Waals surface area contributed by atoms with E-state index in [0.717, 1.165) is 10.9 Å². The van der Waals surface area contributed by atoms with Crippen molar-refractivity contribution in [1.82, 2.24) is 24.6 Å². The number of aryl methyl sites for hydroxylation is 4. The number of hydrogen-bond donors (Lipinski definition) is 1. The van der Waals surface area contributed by atoms with Crippen molar-refractivity contribution < 1.29 is 13.9 Å². The summed E-state index contributed by atoms with van der Waals surface area (Å²) >= 11 is 0. The summed E-state index contributed by atoms with van der Waals surface area (Å²) in [5.74, 6) is 0.0428. The molecule has 4 aromatic rings. The second-order valence-electron chi connectivity index (χ2n) is 7.79. The second-order valence-corrected chi connectivity index (χ2v) is 7.79. The van der Waals surface area contributed by atoms with E-state index in [1.54, 1.807) is 14.0 Å². The van der Waals surface area contributed by atoms with Crippen LogP contribution in [0.3, 0.4) is 0 Å². The maximum atomic E-state index is 12.9. The fourth-order valence-electron chi connectivity index (χ4n) is 3.89. The fraction of sp³-hybridized carbons (Fsp3) is 0.391. The Morgan fingerprint density at radius 2 is 2.06 bits per heavy atom. The van der Waals surface area contributed by atoms with Gasteiger partial charge in [-0.1, -0.05) is 12.1 Å².